The molecule has 0 aliphatic heterocycles. The van der Waals surface area contributed by atoms with Crippen LogP contribution in [0.3, 0.4) is 0 Å². The van der Waals surface area contributed by atoms with Crippen LogP contribution < -0.4 is 0 Å². The smallest absolute Gasteiger partial charge is 0.210 e. The van der Waals surface area contributed by atoms with E-state index in [1.807, 2.05) is 0 Å². The third kappa shape index (κ3) is 1.04. The van der Waals surface area contributed by atoms with Crippen LogP contribution in [0.1, 0.15) is 0 Å². The summed E-state index contributed by atoms with van der Waals surface area (Å²) in [4.78, 5) is 0. The predicted octanol–water partition coefficient (Wildman–Crippen LogP) is 1.08. The van der Waals surface area contributed by atoms with Gasteiger partial charge in [0.1, 0.15) is 0 Å². The van der Waals surface area contributed by atoms with Crippen molar-refractivity contribution in [1.29, 1.82) is 0 Å². The fourth-order valence-electron chi connectivity index (χ4n) is 0.590. The van der Waals surface area contributed by atoms with E-state index in [9.17, 15) is 8.78 Å². The van der Waals surface area contributed by atoms with Crippen LogP contribution in [0.25, 0.3) is 0 Å². The van der Waals surface area contributed by atoms with Crippen LogP contribution in [-0.2, 0) is 0 Å². The number of hydrogen-bond donors (Lipinski definition) is 3. The van der Waals surface area contributed by atoms with Gasteiger partial charge < -0.3 is 15.3 Å². The first-order valence-corrected chi connectivity index (χ1v) is 2.63. The number of hydrogen-bond acceptors (Lipinski definition) is 3. The highest BCUT2D eigenvalue weighted by molar-refractivity contribution is 5.45. The second-order valence-corrected chi connectivity index (χ2v) is 1.89. The van der Waals surface area contributed by atoms with E-state index < -0.39 is 28.9 Å². The van der Waals surface area contributed by atoms with Crippen LogP contribution in [-0.4, -0.2) is 15.3 Å². The molecule has 5 heteroatoms. The van der Waals surface area contributed by atoms with Gasteiger partial charge in [-0.1, -0.05) is 0 Å². The van der Waals surface area contributed by atoms with E-state index in [0.717, 1.165) is 0 Å². The summed E-state index contributed by atoms with van der Waals surface area (Å²) in [7, 11) is 0. The van der Waals surface area contributed by atoms with Crippen molar-refractivity contribution >= 4 is 0 Å². The molecule has 60 valence electrons. The van der Waals surface area contributed by atoms with Crippen LogP contribution in [0.15, 0.2) is 6.07 Å². The Morgan fingerprint density at radius 1 is 1.00 bits per heavy atom. The van der Waals surface area contributed by atoms with E-state index in [4.69, 9.17) is 15.3 Å². The Hall–Kier alpha value is -1.52. The molecule has 0 atom stereocenters. The molecule has 1 aromatic rings. The molecule has 3 nitrogen and oxygen atoms in total. The summed E-state index contributed by atoms with van der Waals surface area (Å²) in [5, 5.41) is 25.6. The molecule has 0 bridgehead atoms. The maximum atomic E-state index is 12.3. The molecule has 0 saturated heterocycles. The van der Waals surface area contributed by atoms with E-state index in [1.54, 1.807) is 0 Å². The predicted molar refractivity (Wildman–Crippen MR) is 31.4 cm³/mol. The van der Waals surface area contributed by atoms with Gasteiger partial charge in [0, 0.05) is 6.07 Å². The normalized spacial score (nSPS) is 10.0. The van der Waals surface area contributed by atoms with Crippen LogP contribution in [0.4, 0.5) is 8.78 Å². The Bertz CT molecular complexity index is 272. The molecule has 0 radical (unpaired) electrons. The van der Waals surface area contributed by atoms with Crippen LogP contribution >= 0.6 is 0 Å². The number of benzene rings is 1. The molecule has 0 spiro atoms. The van der Waals surface area contributed by atoms with E-state index in [-0.39, 0.29) is 0 Å². The fourth-order valence-corrected chi connectivity index (χ4v) is 0.590. The first-order chi connectivity index (χ1) is 5.04. The van der Waals surface area contributed by atoms with Crippen molar-refractivity contribution < 1.29 is 24.1 Å². The van der Waals surface area contributed by atoms with Crippen molar-refractivity contribution in [3.8, 4) is 17.2 Å². The molecule has 3 N–H and O–H groups in total. The maximum absolute atomic E-state index is 12.3. The first-order valence-electron chi connectivity index (χ1n) is 2.63. The Balaban J connectivity index is 3.46. The van der Waals surface area contributed by atoms with Crippen molar-refractivity contribution in [1.82, 2.24) is 0 Å². The molecule has 0 amide bonds. The zero-order chi connectivity index (χ0) is 8.59. The Kier molecular flexibility index (Phi) is 1.56. The summed E-state index contributed by atoms with van der Waals surface area (Å²) in [6.45, 7) is 0. The Labute approximate surface area is 60.1 Å². The maximum Gasteiger partial charge on any atom is 0.210 e. The van der Waals surface area contributed by atoms with E-state index in [0.29, 0.717) is 6.07 Å². The summed E-state index contributed by atoms with van der Waals surface area (Å²) < 4.78 is 24.6. The molecule has 1 aromatic carbocycles. The summed E-state index contributed by atoms with van der Waals surface area (Å²) in [5.74, 6) is -6.26. The molecule has 0 unspecified atom stereocenters. The molecule has 0 saturated carbocycles. The average molecular weight is 162 g/mol. The van der Waals surface area contributed by atoms with Crippen molar-refractivity contribution in [2.75, 3.05) is 0 Å². The largest absolute Gasteiger partial charge is 0.505 e. The molecule has 0 aliphatic rings. The number of phenols is 3. The van der Waals surface area contributed by atoms with Gasteiger partial charge in [-0.3, -0.25) is 0 Å². The second kappa shape index (κ2) is 2.26. The zero-order valence-electron chi connectivity index (χ0n) is 5.17. The summed E-state index contributed by atoms with van der Waals surface area (Å²) in [5.41, 5.74) is 0. The van der Waals surface area contributed by atoms with Crippen LogP contribution in [0.2, 0.25) is 0 Å². The fraction of sp³-hybridized carbons (Fsp3) is 0. The summed E-state index contributed by atoms with van der Waals surface area (Å²) >= 11 is 0. The van der Waals surface area contributed by atoms with Gasteiger partial charge in [0.25, 0.3) is 0 Å². The number of phenolic OH excluding ortho intramolecular Hbond substituents is 3. The lowest BCUT2D eigenvalue weighted by molar-refractivity contribution is 0.339. The molecule has 0 fully saturated rings. The molecular formula is C6H4F2O3. The van der Waals surface area contributed by atoms with Crippen LogP contribution in [0, 0.1) is 11.6 Å². The lowest BCUT2D eigenvalue weighted by Crippen LogP contribution is -1.83. The first kappa shape index (κ1) is 7.59. The molecule has 0 aliphatic carbocycles. The van der Waals surface area contributed by atoms with Crippen molar-refractivity contribution in [3.05, 3.63) is 17.7 Å². The monoisotopic (exact) mass is 162 g/mol. The lowest BCUT2D eigenvalue weighted by Gasteiger charge is -2.01. The minimum absolute atomic E-state index is 0.365. The van der Waals surface area contributed by atoms with Gasteiger partial charge in [0.05, 0.1) is 0 Å². The highest BCUT2D eigenvalue weighted by atomic mass is 19.1. The highest BCUT2D eigenvalue weighted by Gasteiger charge is 2.16. The molecular weight excluding hydrogens is 158 g/mol. The van der Waals surface area contributed by atoms with Crippen molar-refractivity contribution in [2.45, 2.75) is 0 Å². The van der Waals surface area contributed by atoms with Gasteiger partial charge in [-0.05, 0) is 0 Å². The summed E-state index contributed by atoms with van der Waals surface area (Å²) in [6, 6.07) is 0.365. The van der Waals surface area contributed by atoms with E-state index >= 15 is 0 Å². The summed E-state index contributed by atoms with van der Waals surface area (Å²) in [6.07, 6.45) is 0. The third-order valence-corrected chi connectivity index (χ3v) is 1.15. The van der Waals surface area contributed by atoms with Gasteiger partial charge >= 0.3 is 0 Å². The average Bonchev–Trinajstić information content (AvgIpc) is 1.97. The second-order valence-electron chi connectivity index (χ2n) is 1.89. The van der Waals surface area contributed by atoms with Crippen molar-refractivity contribution in [3.63, 3.8) is 0 Å². The molecule has 1 rings (SSSR count). The quantitative estimate of drug-likeness (QED) is 0.395. The molecule has 0 heterocycles. The SMILES string of the molecule is Oc1cc(F)c(O)c(O)c1F. The molecule has 11 heavy (non-hydrogen) atoms. The molecule has 0 aromatic heterocycles. The Morgan fingerprint density at radius 2 is 1.55 bits per heavy atom. The van der Waals surface area contributed by atoms with Crippen LogP contribution in [0.5, 0.6) is 17.2 Å². The number of rotatable bonds is 0. The van der Waals surface area contributed by atoms with Crippen molar-refractivity contribution in [2.24, 2.45) is 0 Å². The highest BCUT2D eigenvalue weighted by Crippen LogP contribution is 2.35. The zero-order valence-corrected chi connectivity index (χ0v) is 5.17. The third-order valence-electron chi connectivity index (χ3n) is 1.15. The lowest BCUT2D eigenvalue weighted by atomic mass is 10.3. The minimum atomic E-state index is -1.44. The van der Waals surface area contributed by atoms with Gasteiger partial charge in [-0.2, -0.15) is 4.39 Å². The van der Waals surface area contributed by atoms with E-state index in [2.05, 4.69) is 0 Å². The number of halogens is 2. The number of aromatic hydroxyl groups is 3. The minimum Gasteiger partial charge on any atom is -0.505 e. The topological polar surface area (TPSA) is 60.7 Å². The van der Waals surface area contributed by atoms with Gasteiger partial charge in [-0.25, -0.2) is 4.39 Å². The van der Waals surface area contributed by atoms with Gasteiger partial charge in [0.2, 0.25) is 11.6 Å². The van der Waals surface area contributed by atoms with Gasteiger partial charge in [0.15, 0.2) is 17.3 Å². The van der Waals surface area contributed by atoms with Gasteiger partial charge in [-0.15, -0.1) is 0 Å². The Morgan fingerprint density at radius 3 is 2.09 bits per heavy atom. The van der Waals surface area contributed by atoms with E-state index in [1.165, 1.54) is 0 Å². The standard InChI is InChI=1S/C6H4F2O3/c7-2-1-3(9)4(8)6(11)5(2)10/h1,9-11H.